The topological polar surface area (TPSA) is 82.9 Å². The van der Waals surface area contributed by atoms with Crippen molar-refractivity contribution in [3.8, 4) is 22.9 Å². The van der Waals surface area contributed by atoms with Gasteiger partial charge in [-0.05, 0) is 65.2 Å². The summed E-state index contributed by atoms with van der Waals surface area (Å²) in [7, 11) is 4.67. The fraction of sp³-hybridized carbons (Fsp3) is 0.206. The molecule has 1 aromatic heterocycles. The van der Waals surface area contributed by atoms with Crippen molar-refractivity contribution in [1.29, 1.82) is 0 Å². The normalized spacial score (nSPS) is 11.7. The molecule has 0 aliphatic rings. The quantitative estimate of drug-likeness (QED) is 0.170. The summed E-state index contributed by atoms with van der Waals surface area (Å²) in [5.74, 6) is 1.75. The smallest absolute Gasteiger partial charge is 0.266 e. The Morgan fingerprint density at radius 2 is 1.60 bits per heavy atom. The van der Waals surface area contributed by atoms with Crippen LogP contribution in [0.25, 0.3) is 16.6 Å². The minimum atomic E-state index is -0.621. The maximum atomic E-state index is 14.2. The van der Waals surface area contributed by atoms with Gasteiger partial charge in [0.05, 0.1) is 48.4 Å². The lowest BCUT2D eigenvalue weighted by Crippen LogP contribution is -2.38. The molecule has 0 fully saturated rings. The molecule has 0 aliphatic carbocycles. The lowest BCUT2D eigenvalue weighted by molar-refractivity contribution is 0.0683. The molecule has 1 amide bonds. The van der Waals surface area contributed by atoms with E-state index in [1.54, 1.807) is 80.8 Å². The Balaban J connectivity index is 1.72. The molecule has 0 saturated heterocycles. The number of ether oxygens (including phenoxy) is 3. The number of aromatic nitrogens is 2. The maximum Gasteiger partial charge on any atom is 0.266 e. The van der Waals surface area contributed by atoms with E-state index in [1.165, 1.54) is 4.57 Å². The molecule has 43 heavy (non-hydrogen) atoms. The third-order valence-electron chi connectivity index (χ3n) is 7.39. The molecular formula is C34H32BrN3O5. The van der Waals surface area contributed by atoms with Crippen LogP contribution in [-0.4, -0.2) is 48.2 Å². The number of carbonyl (C=O) groups excluding carboxylic acids is 1. The van der Waals surface area contributed by atoms with Crippen molar-refractivity contribution in [2.24, 2.45) is 0 Å². The van der Waals surface area contributed by atoms with Gasteiger partial charge in [-0.2, -0.15) is 0 Å². The van der Waals surface area contributed by atoms with Crippen molar-refractivity contribution in [3.05, 3.63) is 123 Å². The van der Waals surface area contributed by atoms with Gasteiger partial charge < -0.3 is 19.1 Å². The van der Waals surface area contributed by atoms with Crippen molar-refractivity contribution in [2.75, 3.05) is 27.9 Å². The van der Waals surface area contributed by atoms with Crippen molar-refractivity contribution < 1.29 is 19.0 Å². The van der Waals surface area contributed by atoms with Crippen LogP contribution < -0.4 is 19.8 Å². The maximum absolute atomic E-state index is 14.2. The van der Waals surface area contributed by atoms with Crippen LogP contribution in [0.2, 0.25) is 0 Å². The van der Waals surface area contributed by atoms with Gasteiger partial charge in [0.2, 0.25) is 0 Å². The van der Waals surface area contributed by atoms with E-state index in [-0.39, 0.29) is 11.5 Å². The highest BCUT2D eigenvalue weighted by atomic mass is 79.9. The second-order valence-corrected chi connectivity index (χ2v) is 10.7. The molecule has 5 aromatic rings. The molecule has 0 aliphatic heterocycles. The van der Waals surface area contributed by atoms with Gasteiger partial charge in [-0.15, -0.1) is 0 Å². The number of halogens is 1. The predicted octanol–water partition coefficient (Wildman–Crippen LogP) is 6.62. The number of nitrogens with zero attached hydrogens (tertiary/aromatic N) is 3. The van der Waals surface area contributed by atoms with E-state index < -0.39 is 6.04 Å². The third-order valence-corrected chi connectivity index (χ3v) is 8.19. The highest BCUT2D eigenvalue weighted by molar-refractivity contribution is 9.10. The van der Waals surface area contributed by atoms with Crippen molar-refractivity contribution >= 4 is 32.7 Å². The first kappa shape index (κ1) is 29.8. The summed E-state index contributed by atoms with van der Waals surface area (Å²) >= 11 is 3.64. The molecule has 220 valence electrons. The molecule has 8 nitrogen and oxygen atoms in total. The van der Waals surface area contributed by atoms with E-state index in [4.69, 9.17) is 19.2 Å². The number of methoxy groups -OCH3 is 3. The number of amides is 1. The fourth-order valence-corrected chi connectivity index (χ4v) is 5.65. The van der Waals surface area contributed by atoms with Gasteiger partial charge in [0.15, 0.2) is 0 Å². The summed E-state index contributed by atoms with van der Waals surface area (Å²) < 4.78 is 18.6. The lowest BCUT2D eigenvalue weighted by Gasteiger charge is -2.31. The average molecular weight is 643 g/mol. The molecule has 9 heteroatoms. The first-order chi connectivity index (χ1) is 20.9. The van der Waals surface area contributed by atoms with E-state index in [2.05, 4.69) is 15.9 Å². The minimum Gasteiger partial charge on any atom is -0.497 e. The van der Waals surface area contributed by atoms with E-state index in [1.807, 2.05) is 43.3 Å². The van der Waals surface area contributed by atoms with Gasteiger partial charge in [0, 0.05) is 24.2 Å². The second kappa shape index (κ2) is 13.1. The number of hydrogen-bond donors (Lipinski definition) is 0. The molecule has 0 N–H and O–H groups in total. The van der Waals surface area contributed by atoms with Crippen LogP contribution in [0.15, 0.2) is 100 Å². The molecule has 1 heterocycles. The van der Waals surface area contributed by atoms with E-state index in [0.717, 1.165) is 5.56 Å². The molecule has 0 bridgehead atoms. The summed E-state index contributed by atoms with van der Waals surface area (Å²) in [5, 5.41) is 0.446. The van der Waals surface area contributed by atoms with Crippen LogP contribution in [0, 0.1) is 0 Å². The molecule has 0 saturated carbocycles. The Morgan fingerprint density at radius 1 is 0.884 bits per heavy atom. The summed E-state index contributed by atoms with van der Waals surface area (Å²) in [6, 6.07) is 27.1. The largest absolute Gasteiger partial charge is 0.497 e. The summed E-state index contributed by atoms with van der Waals surface area (Å²) in [6.45, 7) is 2.27. The minimum absolute atomic E-state index is 0.210. The molecular weight excluding hydrogens is 610 g/mol. The molecule has 1 atom stereocenters. The lowest BCUT2D eigenvalue weighted by atomic mass is 10.1. The zero-order chi connectivity index (χ0) is 30.5. The first-order valence-electron chi connectivity index (χ1n) is 13.8. The van der Waals surface area contributed by atoms with Gasteiger partial charge in [-0.3, -0.25) is 14.2 Å². The Bertz CT molecular complexity index is 1820. The monoisotopic (exact) mass is 641 g/mol. The van der Waals surface area contributed by atoms with Crippen LogP contribution in [0.4, 0.5) is 0 Å². The highest BCUT2D eigenvalue weighted by Gasteiger charge is 2.29. The van der Waals surface area contributed by atoms with E-state index in [9.17, 15) is 9.59 Å². The van der Waals surface area contributed by atoms with Crippen LogP contribution in [0.3, 0.4) is 0 Å². The highest BCUT2D eigenvalue weighted by Crippen LogP contribution is 2.37. The zero-order valence-corrected chi connectivity index (χ0v) is 26.0. The molecule has 4 aromatic carbocycles. The van der Waals surface area contributed by atoms with Crippen LogP contribution >= 0.6 is 15.9 Å². The van der Waals surface area contributed by atoms with Gasteiger partial charge >= 0.3 is 0 Å². The SMILES string of the molecule is COc1cccc(C(=O)N(CCc2ccccc2)C(C)c2nc3ccccc3c(=O)n2-c2cc(OC)cc(OC)c2Br)c1. The first-order valence-corrected chi connectivity index (χ1v) is 14.6. The summed E-state index contributed by atoms with van der Waals surface area (Å²) in [6.07, 6.45) is 0.607. The molecule has 0 spiro atoms. The summed E-state index contributed by atoms with van der Waals surface area (Å²) in [5.41, 5.74) is 2.30. The van der Waals surface area contributed by atoms with Crippen LogP contribution in [-0.2, 0) is 6.42 Å². The zero-order valence-electron chi connectivity index (χ0n) is 24.4. The molecule has 1 unspecified atom stereocenters. The standard InChI is InChI=1S/C34H32BrN3O5/c1-22(37(18-17-23-11-6-5-7-12-23)33(39)24-13-10-14-25(19-24)41-2)32-36-28-16-9-8-15-27(28)34(40)38(32)29-20-26(42-3)21-30(43-4)31(29)35/h5-16,19-22H,17-18H2,1-4H3. The number of benzene rings is 4. The van der Waals surface area contributed by atoms with Gasteiger partial charge in [-0.25, -0.2) is 4.98 Å². The summed E-state index contributed by atoms with van der Waals surface area (Å²) in [4.78, 5) is 35.2. The fourth-order valence-electron chi connectivity index (χ4n) is 5.08. The Labute approximate surface area is 258 Å². The molecule has 5 rings (SSSR count). The average Bonchev–Trinajstić information content (AvgIpc) is 3.05. The Kier molecular flexibility index (Phi) is 9.11. The third kappa shape index (κ3) is 6.12. The van der Waals surface area contributed by atoms with E-state index in [0.29, 0.717) is 62.7 Å². The van der Waals surface area contributed by atoms with Gasteiger partial charge in [0.1, 0.15) is 23.1 Å². The number of fused-ring (bicyclic) bond motifs is 1. The Hall–Kier alpha value is -4.63. The van der Waals surface area contributed by atoms with Gasteiger partial charge in [0.25, 0.3) is 11.5 Å². The number of carbonyl (C=O) groups is 1. The molecule has 0 radical (unpaired) electrons. The Morgan fingerprint density at radius 3 is 2.33 bits per heavy atom. The van der Waals surface area contributed by atoms with Crippen molar-refractivity contribution in [3.63, 3.8) is 0 Å². The predicted molar refractivity (Wildman–Crippen MR) is 171 cm³/mol. The van der Waals surface area contributed by atoms with Crippen LogP contribution in [0.5, 0.6) is 17.2 Å². The van der Waals surface area contributed by atoms with Crippen molar-refractivity contribution in [1.82, 2.24) is 14.5 Å². The van der Waals surface area contributed by atoms with Crippen molar-refractivity contribution in [2.45, 2.75) is 19.4 Å². The van der Waals surface area contributed by atoms with E-state index >= 15 is 0 Å². The number of rotatable bonds is 10. The second-order valence-electron chi connectivity index (χ2n) is 9.93. The number of para-hydroxylation sites is 1. The van der Waals surface area contributed by atoms with Gasteiger partial charge in [-0.1, -0.05) is 48.5 Å². The van der Waals surface area contributed by atoms with Crippen LogP contribution in [0.1, 0.15) is 34.7 Å². The number of hydrogen-bond acceptors (Lipinski definition) is 6.